The third-order valence-electron chi connectivity index (χ3n) is 5.16. The minimum absolute atomic E-state index is 0.0441. The molecule has 0 fully saturated rings. The van der Waals surface area contributed by atoms with Gasteiger partial charge in [-0.3, -0.25) is 39.9 Å². The highest BCUT2D eigenvalue weighted by molar-refractivity contribution is 7.18. The fourth-order valence-electron chi connectivity index (χ4n) is 3.58. The Bertz CT molecular complexity index is 1250. The third-order valence-corrected chi connectivity index (χ3v) is 6.36. The van der Waals surface area contributed by atoms with Gasteiger partial charge in [0.25, 0.3) is 17.2 Å². The predicted octanol–water partition coefficient (Wildman–Crippen LogP) is 2.10. The summed E-state index contributed by atoms with van der Waals surface area (Å²) in [5, 5.41) is 11.5. The molecule has 1 aliphatic carbocycles. The van der Waals surface area contributed by atoms with Crippen LogP contribution in [0, 0.1) is 10.1 Å². The van der Waals surface area contributed by atoms with Crippen molar-refractivity contribution >= 4 is 39.1 Å². The molecule has 4 rings (SSSR count). The topological polar surface area (TPSA) is 136 Å². The second kappa shape index (κ2) is 8.64. The molecule has 0 bridgehead atoms. The zero-order valence-corrected chi connectivity index (χ0v) is 17.2. The molecule has 1 aromatic carbocycles. The van der Waals surface area contributed by atoms with Gasteiger partial charge in [-0.15, -0.1) is 11.3 Å². The number of fused-ring (bicyclic) bond motifs is 3. The van der Waals surface area contributed by atoms with E-state index in [4.69, 9.17) is 0 Å². The van der Waals surface area contributed by atoms with E-state index in [1.165, 1.54) is 34.0 Å². The van der Waals surface area contributed by atoms with Crippen molar-refractivity contribution in [2.24, 2.45) is 0 Å². The average Bonchev–Trinajstić information content (AvgIpc) is 3.16. The number of hydrogen-bond acceptors (Lipinski definition) is 7. The lowest BCUT2D eigenvalue weighted by Crippen LogP contribution is -2.42. The number of nitrogens with one attached hydrogen (secondary N) is 2. The summed E-state index contributed by atoms with van der Waals surface area (Å²) in [4.78, 5) is 53.6. The first-order chi connectivity index (χ1) is 14.9. The van der Waals surface area contributed by atoms with Crippen LogP contribution in [-0.4, -0.2) is 26.3 Å². The lowest BCUT2D eigenvalue weighted by atomic mass is 9.97. The van der Waals surface area contributed by atoms with Gasteiger partial charge in [-0.05, 0) is 37.3 Å². The maximum atomic E-state index is 12.9. The van der Waals surface area contributed by atoms with Crippen LogP contribution in [0.5, 0.6) is 0 Å². The lowest BCUT2D eigenvalue weighted by Gasteiger charge is -2.11. The Kier molecular flexibility index (Phi) is 5.76. The van der Waals surface area contributed by atoms with Crippen LogP contribution in [-0.2, 0) is 24.2 Å². The van der Waals surface area contributed by atoms with E-state index in [0.29, 0.717) is 5.39 Å². The highest BCUT2D eigenvalue weighted by Crippen LogP contribution is 2.33. The van der Waals surface area contributed by atoms with Crippen molar-refractivity contribution in [3.63, 3.8) is 0 Å². The maximum Gasteiger partial charge on any atom is 0.270 e. The minimum atomic E-state index is -0.679. The average molecular weight is 441 g/mol. The van der Waals surface area contributed by atoms with Crippen molar-refractivity contribution in [2.75, 3.05) is 0 Å². The van der Waals surface area contributed by atoms with Crippen LogP contribution in [0.25, 0.3) is 10.2 Å². The first-order valence-electron chi connectivity index (χ1n) is 9.77. The van der Waals surface area contributed by atoms with Crippen molar-refractivity contribution in [1.29, 1.82) is 0 Å². The number of benzene rings is 1. The summed E-state index contributed by atoms with van der Waals surface area (Å²) >= 11 is 1.57. The Morgan fingerprint density at radius 2 is 2.03 bits per heavy atom. The number of non-ortho nitro benzene ring substituents is 1. The Labute approximate surface area is 180 Å². The molecule has 0 radical (unpaired) electrons. The molecule has 0 saturated heterocycles. The monoisotopic (exact) mass is 441 g/mol. The fourth-order valence-corrected chi connectivity index (χ4v) is 4.80. The van der Waals surface area contributed by atoms with Crippen LogP contribution in [0.1, 0.15) is 40.1 Å². The molecule has 3 aromatic rings. The van der Waals surface area contributed by atoms with Crippen molar-refractivity contribution in [3.05, 3.63) is 67.1 Å². The predicted molar refractivity (Wildman–Crippen MR) is 114 cm³/mol. The number of thiophene rings is 1. The van der Waals surface area contributed by atoms with Gasteiger partial charge in [0.1, 0.15) is 4.83 Å². The number of nitrogens with zero attached hydrogens (tertiary/aromatic N) is 3. The molecule has 11 heteroatoms. The van der Waals surface area contributed by atoms with Crippen LogP contribution >= 0.6 is 11.3 Å². The minimum Gasteiger partial charge on any atom is -0.298 e. The van der Waals surface area contributed by atoms with E-state index >= 15 is 0 Å². The molecule has 10 nitrogen and oxygen atoms in total. The summed E-state index contributed by atoms with van der Waals surface area (Å²) in [6.45, 7) is 0.116. The van der Waals surface area contributed by atoms with Gasteiger partial charge in [0.05, 0.1) is 16.6 Å². The van der Waals surface area contributed by atoms with Crippen molar-refractivity contribution in [3.8, 4) is 0 Å². The second-order valence-corrected chi connectivity index (χ2v) is 8.28. The van der Waals surface area contributed by atoms with Crippen LogP contribution in [0.15, 0.2) is 35.4 Å². The zero-order valence-electron chi connectivity index (χ0n) is 16.4. The Morgan fingerprint density at radius 1 is 1.23 bits per heavy atom. The molecule has 2 amide bonds. The van der Waals surface area contributed by atoms with Crippen LogP contribution < -0.4 is 16.4 Å². The van der Waals surface area contributed by atoms with Crippen LogP contribution in [0.4, 0.5) is 5.69 Å². The van der Waals surface area contributed by atoms with Crippen molar-refractivity contribution in [2.45, 2.75) is 38.6 Å². The van der Waals surface area contributed by atoms with E-state index in [0.717, 1.165) is 42.1 Å². The normalized spacial score (nSPS) is 12.9. The molecular formula is C20H19N5O5S. The number of carbonyl (C=O) groups is 2. The van der Waals surface area contributed by atoms with Crippen molar-refractivity contribution < 1.29 is 14.5 Å². The molecule has 2 aromatic heterocycles. The van der Waals surface area contributed by atoms with Gasteiger partial charge >= 0.3 is 0 Å². The molecular weight excluding hydrogens is 422 g/mol. The molecule has 160 valence electrons. The Hall–Kier alpha value is -3.60. The van der Waals surface area contributed by atoms with E-state index in [1.54, 1.807) is 11.3 Å². The van der Waals surface area contributed by atoms with Gasteiger partial charge in [0, 0.05) is 35.5 Å². The maximum absolute atomic E-state index is 12.9. The SMILES string of the molecule is O=C(CCn1cnc2sc3c(c2c1=O)CCCC3)NNC(=O)c1cccc([N+](=O)[O-])c1. The molecule has 2 N–H and O–H groups in total. The van der Waals surface area contributed by atoms with E-state index < -0.39 is 16.7 Å². The standard InChI is InChI=1S/C20H19N5O5S/c26-16(22-23-18(27)12-4-3-5-13(10-12)25(29)30)8-9-24-11-21-19-17(20(24)28)14-6-1-2-7-15(14)31-19/h3-5,10-11H,1-2,6-9H2,(H,22,26)(H,23,27). The molecule has 0 aliphatic heterocycles. The highest BCUT2D eigenvalue weighted by Gasteiger charge is 2.20. The quantitative estimate of drug-likeness (QED) is 0.460. The van der Waals surface area contributed by atoms with Gasteiger partial charge in [0.15, 0.2) is 0 Å². The molecule has 2 heterocycles. The summed E-state index contributed by atoms with van der Waals surface area (Å²) < 4.78 is 1.41. The van der Waals surface area contributed by atoms with Gasteiger partial charge < -0.3 is 0 Å². The Balaban J connectivity index is 1.38. The number of aryl methyl sites for hydroxylation is 3. The number of amides is 2. The first-order valence-corrected chi connectivity index (χ1v) is 10.6. The fraction of sp³-hybridized carbons (Fsp3) is 0.300. The van der Waals surface area contributed by atoms with Crippen LogP contribution in [0.3, 0.4) is 0 Å². The van der Waals surface area contributed by atoms with Crippen LogP contribution in [0.2, 0.25) is 0 Å². The molecule has 0 saturated carbocycles. The second-order valence-electron chi connectivity index (χ2n) is 7.19. The van der Waals surface area contributed by atoms with Gasteiger partial charge in [-0.1, -0.05) is 6.07 Å². The number of nitro groups is 1. The van der Waals surface area contributed by atoms with E-state index in [9.17, 15) is 24.5 Å². The number of carbonyl (C=O) groups excluding carboxylic acids is 2. The molecule has 31 heavy (non-hydrogen) atoms. The van der Waals surface area contributed by atoms with E-state index in [-0.39, 0.29) is 29.8 Å². The number of rotatable bonds is 5. The van der Waals surface area contributed by atoms with Gasteiger partial charge in [-0.25, -0.2) is 4.98 Å². The third kappa shape index (κ3) is 4.31. The number of nitro benzene ring substituents is 1. The number of hydrazine groups is 1. The lowest BCUT2D eigenvalue weighted by molar-refractivity contribution is -0.384. The molecule has 1 aliphatic rings. The van der Waals surface area contributed by atoms with Gasteiger partial charge in [0.2, 0.25) is 5.91 Å². The first kappa shape index (κ1) is 20.7. The smallest absolute Gasteiger partial charge is 0.270 e. The van der Waals surface area contributed by atoms with Gasteiger partial charge in [-0.2, -0.15) is 0 Å². The van der Waals surface area contributed by atoms with E-state index in [1.807, 2.05) is 0 Å². The Morgan fingerprint density at radius 3 is 2.84 bits per heavy atom. The molecule has 0 spiro atoms. The summed E-state index contributed by atoms with van der Waals surface area (Å²) in [6, 6.07) is 5.16. The molecule has 0 unspecified atom stereocenters. The summed E-state index contributed by atoms with van der Waals surface area (Å²) in [5.74, 6) is -1.18. The van der Waals surface area contributed by atoms with Crippen molar-refractivity contribution in [1.82, 2.24) is 20.4 Å². The number of aromatic nitrogens is 2. The summed E-state index contributed by atoms with van der Waals surface area (Å²) in [6.07, 6.45) is 5.43. The number of hydrogen-bond donors (Lipinski definition) is 2. The largest absolute Gasteiger partial charge is 0.298 e. The summed E-state index contributed by atoms with van der Waals surface area (Å²) in [7, 11) is 0. The zero-order chi connectivity index (χ0) is 22.0. The molecule has 0 atom stereocenters. The van der Waals surface area contributed by atoms with E-state index in [2.05, 4.69) is 15.8 Å². The summed E-state index contributed by atoms with van der Waals surface area (Å²) in [5.41, 5.74) is 5.23. The highest BCUT2D eigenvalue weighted by atomic mass is 32.1.